The molecule has 2 rings (SSSR count). The van der Waals surface area contributed by atoms with Gasteiger partial charge in [0.25, 0.3) is 0 Å². The van der Waals surface area contributed by atoms with Gasteiger partial charge in [-0.3, -0.25) is 4.90 Å². The molecule has 2 N–H and O–H groups in total. The third-order valence-electron chi connectivity index (χ3n) is 3.48. The molecule has 1 aromatic rings. The number of hydrogen-bond acceptors (Lipinski definition) is 6. The number of nitrogens with one attached hydrogen (secondary N) is 2. The number of rotatable bonds is 7. The third kappa shape index (κ3) is 4.94. The van der Waals surface area contributed by atoms with Crippen molar-refractivity contribution in [1.82, 2.24) is 14.9 Å². The fourth-order valence-corrected chi connectivity index (χ4v) is 2.02. The smallest absolute Gasteiger partial charge is 0.224 e. The molecule has 0 spiro atoms. The van der Waals surface area contributed by atoms with E-state index in [0.717, 1.165) is 51.6 Å². The third-order valence-corrected chi connectivity index (χ3v) is 3.48. The first-order valence-corrected chi connectivity index (χ1v) is 7.41. The van der Waals surface area contributed by atoms with Crippen molar-refractivity contribution < 1.29 is 4.74 Å². The van der Waals surface area contributed by atoms with Gasteiger partial charge in [-0.25, -0.2) is 4.98 Å². The minimum absolute atomic E-state index is 0.388. The summed E-state index contributed by atoms with van der Waals surface area (Å²) in [6.07, 6.45) is 2.84. The van der Waals surface area contributed by atoms with Gasteiger partial charge in [0.2, 0.25) is 5.95 Å². The lowest BCUT2D eigenvalue weighted by Gasteiger charge is -2.26. The van der Waals surface area contributed by atoms with E-state index in [2.05, 4.69) is 39.3 Å². The van der Waals surface area contributed by atoms with Crippen LogP contribution >= 0.6 is 0 Å². The van der Waals surface area contributed by atoms with Crippen LogP contribution < -0.4 is 10.6 Å². The summed E-state index contributed by atoms with van der Waals surface area (Å²) in [5.41, 5.74) is 0. The highest BCUT2D eigenvalue weighted by molar-refractivity contribution is 5.39. The summed E-state index contributed by atoms with van der Waals surface area (Å²) in [5.74, 6) is 1.56. The molecule has 0 radical (unpaired) electrons. The van der Waals surface area contributed by atoms with Crippen molar-refractivity contribution >= 4 is 11.8 Å². The summed E-state index contributed by atoms with van der Waals surface area (Å²) in [7, 11) is 0. The highest BCUT2D eigenvalue weighted by Crippen LogP contribution is 2.07. The maximum absolute atomic E-state index is 5.34. The van der Waals surface area contributed by atoms with Gasteiger partial charge >= 0.3 is 0 Å². The molecule has 2 heterocycles. The van der Waals surface area contributed by atoms with Gasteiger partial charge in [-0.1, -0.05) is 6.92 Å². The van der Waals surface area contributed by atoms with Crippen molar-refractivity contribution in [2.45, 2.75) is 26.3 Å². The molecule has 6 nitrogen and oxygen atoms in total. The van der Waals surface area contributed by atoms with Crippen LogP contribution in [0.1, 0.15) is 20.3 Å². The van der Waals surface area contributed by atoms with Gasteiger partial charge in [-0.05, 0) is 19.4 Å². The number of morpholine rings is 1. The van der Waals surface area contributed by atoms with Crippen molar-refractivity contribution in [2.24, 2.45) is 0 Å². The van der Waals surface area contributed by atoms with Crippen LogP contribution in [0.2, 0.25) is 0 Å². The fourth-order valence-electron chi connectivity index (χ4n) is 2.02. The first-order valence-electron chi connectivity index (χ1n) is 7.41. The second kappa shape index (κ2) is 8.01. The molecule has 0 saturated carbocycles. The lowest BCUT2D eigenvalue weighted by atomic mass is 10.3. The molecule has 6 heteroatoms. The molecule has 1 aliphatic rings. The van der Waals surface area contributed by atoms with E-state index in [1.54, 1.807) is 6.20 Å². The van der Waals surface area contributed by atoms with E-state index in [-0.39, 0.29) is 0 Å². The fraction of sp³-hybridized carbons (Fsp3) is 0.714. The molecule has 1 unspecified atom stereocenters. The highest BCUT2D eigenvalue weighted by Gasteiger charge is 2.09. The molecule has 112 valence electrons. The number of hydrogen-bond donors (Lipinski definition) is 2. The van der Waals surface area contributed by atoms with Gasteiger partial charge in [0, 0.05) is 38.4 Å². The SMILES string of the molecule is CCC(C)Nc1nccc(NCCN2CCOCC2)n1. The number of anilines is 2. The zero-order valence-electron chi connectivity index (χ0n) is 12.4. The summed E-state index contributed by atoms with van der Waals surface area (Å²) < 4.78 is 5.34. The van der Waals surface area contributed by atoms with Crippen LogP contribution in [-0.4, -0.2) is 60.3 Å². The van der Waals surface area contributed by atoms with Gasteiger partial charge in [0.15, 0.2) is 0 Å². The first-order chi connectivity index (χ1) is 9.78. The molecular formula is C14H25N5O. The van der Waals surface area contributed by atoms with Crippen LogP contribution in [-0.2, 0) is 4.74 Å². The second-order valence-corrected chi connectivity index (χ2v) is 5.10. The Morgan fingerprint density at radius 3 is 2.95 bits per heavy atom. The molecule has 1 aliphatic heterocycles. The Bertz CT molecular complexity index is 395. The van der Waals surface area contributed by atoms with E-state index in [9.17, 15) is 0 Å². The van der Waals surface area contributed by atoms with Crippen molar-refractivity contribution in [3.05, 3.63) is 12.3 Å². The first kappa shape index (κ1) is 15.0. The zero-order valence-corrected chi connectivity index (χ0v) is 12.4. The Balaban J connectivity index is 1.75. The van der Waals surface area contributed by atoms with Crippen LogP contribution in [0.3, 0.4) is 0 Å². The second-order valence-electron chi connectivity index (χ2n) is 5.10. The Labute approximate surface area is 120 Å². The monoisotopic (exact) mass is 279 g/mol. The summed E-state index contributed by atoms with van der Waals surface area (Å²) in [4.78, 5) is 11.1. The van der Waals surface area contributed by atoms with E-state index >= 15 is 0 Å². The molecule has 0 bridgehead atoms. The quantitative estimate of drug-likeness (QED) is 0.787. The Morgan fingerprint density at radius 1 is 1.40 bits per heavy atom. The van der Waals surface area contributed by atoms with Crippen LogP contribution in [0.5, 0.6) is 0 Å². The van der Waals surface area contributed by atoms with Gasteiger partial charge < -0.3 is 15.4 Å². The lowest BCUT2D eigenvalue weighted by molar-refractivity contribution is 0.0398. The van der Waals surface area contributed by atoms with Gasteiger partial charge in [-0.2, -0.15) is 4.98 Å². The average Bonchev–Trinajstić information content (AvgIpc) is 2.48. The zero-order chi connectivity index (χ0) is 14.2. The summed E-state index contributed by atoms with van der Waals surface area (Å²) in [6, 6.07) is 2.29. The topological polar surface area (TPSA) is 62.3 Å². The van der Waals surface area contributed by atoms with Crippen LogP contribution in [0, 0.1) is 0 Å². The number of nitrogens with zero attached hydrogens (tertiary/aromatic N) is 3. The van der Waals surface area contributed by atoms with Crippen LogP contribution in [0.25, 0.3) is 0 Å². The minimum Gasteiger partial charge on any atom is -0.379 e. The van der Waals surface area contributed by atoms with Crippen molar-refractivity contribution in [3.63, 3.8) is 0 Å². The molecule has 0 aliphatic carbocycles. The number of aromatic nitrogens is 2. The maximum atomic E-state index is 5.34. The Hall–Kier alpha value is -1.40. The summed E-state index contributed by atoms with van der Waals surface area (Å²) >= 11 is 0. The van der Waals surface area contributed by atoms with Crippen molar-refractivity contribution in [1.29, 1.82) is 0 Å². The predicted molar refractivity (Wildman–Crippen MR) is 81.2 cm³/mol. The van der Waals surface area contributed by atoms with Gasteiger partial charge in [0.1, 0.15) is 5.82 Å². The molecule has 1 atom stereocenters. The highest BCUT2D eigenvalue weighted by atomic mass is 16.5. The van der Waals surface area contributed by atoms with Gasteiger partial charge in [0.05, 0.1) is 13.2 Å². The van der Waals surface area contributed by atoms with Crippen LogP contribution in [0.4, 0.5) is 11.8 Å². The predicted octanol–water partition coefficient (Wildman–Crippen LogP) is 1.43. The number of ether oxygens (including phenoxy) is 1. The Kier molecular flexibility index (Phi) is 6.01. The van der Waals surface area contributed by atoms with Crippen molar-refractivity contribution in [2.75, 3.05) is 50.0 Å². The Morgan fingerprint density at radius 2 is 2.20 bits per heavy atom. The molecular weight excluding hydrogens is 254 g/mol. The van der Waals surface area contributed by atoms with E-state index < -0.39 is 0 Å². The van der Waals surface area contributed by atoms with Crippen molar-refractivity contribution in [3.8, 4) is 0 Å². The van der Waals surface area contributed by atoms with E-state index in [4.69, 9.17) is 4.74 Å². The molecule has 0 amide bonds. The molecule has 0 aromatic carbocycles. The molecule has 1 fully saturated rings. The van der Waals surface area contributed by atoms with Gasteiger partial charge in [-0.15, -0.1) is 0 Å². The lowest BCUT2D eigenvalue weighted by Crippen LogP contribution is -2.39. The molecule has 20 heavy (non-hydrogen) atoms. The summed E-state index contributed by atoms with van der Waals surface area (Å²) in [5, 5.41) is 6.63. The van der Waals surface area contributed by atoms with E-state index in [1.807, 2.05) is 6.07 Å². The largest absolute Gasteiger partial charge is 0.379 e. The van der Waals surface area contributed by atoms with E-state index in [0.29, 0.717) is 12.0 Å². The van der Waals surface area contributed by atoms with Crippen LogP contribution in [0.15, 0.2) is 12.3 Å². The van der Waals surface area contributed by atoms with E-state index in [1.165, 1.54) is 0 Å². The molecule has 1 aromatic heterocycles. The molecule has 1 saturated heterocycles. The minimum atomic E-state index is 0.388. The normalized spacial score (nSPS) is 17.7. The standard InChI is InChI=1S/C14H25N5O/c1-3-12(2)17-14-16-5-4-13(18-14)15-6-7-19-8-10-20-11-9-19/h4-5,12H,3,6-11H2,1-2H3,(H2,15,16,17,18). The average molecular weight is 279 g/mol. The summed E-state index contributed by atoms with van der Waals surface area (Å²) in [6.45, 7) is 9.90. The maximum Gasteiger partial charge on any atom is 0.224 e.